The van der Waals surface area contributed by atoms with E-state index in [-0.39, 0.29) is 0 Å². The Bertz CT molecular complexity index is 408. The zero-order valence-electron chi connectivity index (χ0n) is 12.7. The average Bonchev–Trinajstić information content (AvgIpc) is 2.92. The number of nitrogens with one attached hydrogen (secondary N) is 1. The van der Waals surface area contributed by atoms with Crippen molar-refractivity contribution < 1.29 is 0 Å². The topological polar surface area (TPSA) is 33.1 Å². The van der Waals surface area contributed by atoms with Gasteiger partial charge >= 0.3 is 0 Å². The lowest BCUT2D eigenvalue weighted by Gasteiger charge is -2.39. The molecule has 0 aromatic carbocycles. The van der Waals surface area contributed by atoms with Crippen LogP contribution in [0, 0.1) is 5.92 Å². The molecule has 1 aliphatic heterocycles. The van der Waals surface area contributed by atoms with E-state index in [9.17, 15) is 0 Å². The van der Waals surface area contributed by atoms with Crippen molar-refractivity contribution in [3.63, 3.8) is 0 Å². The first-order valence-electron chi connectivity index (χ1n) is 8.24. The second-order valence-corrected chi connectivity index (χ2v) is 6.53. The summed E-state index contributed by atoms with van der Waals surface area (Å²) in [5.74, 6) is 0.921. The summed E-state index contributed by atoms with van der Waals surface area (Å²) in [5.41, 5.74) is 1.36. The van der Waals surface area contributed by atoms with Crippen molar-refractivity contribution in [1.29, 1.82) is 0 Å². The Kier molecular flexibility index (Phi) is 4.73. The van der Waals surface area contributed by atoms with E-state index in [2.05, 4.69) is 21.5 Å². The number of piperazine rings is 1. The summed E-state index contributed by atoms with van der Waals surface area (Å²) < 4.78 is 1.90. The van der Waals surface area contributed by atoms with E-state index < -0.39 is 0 Å². The van der Waals surface area contributed by atoms with E-state index in [1.54, 1.807) is 0 Å². The predicted molar refractivity (Wildman–Crippen MR) is 81.7 cm³/mol. The summed E-state index contributed by atoms with van der Waals surface area (Å²) >= 11 is 0. The molecule has 4 nitrogen and oxygen atoms in total. The fraction of sp³-hybridized carbons (Fsp3) is 0.812. The van der Waals surface area contributed by atoms with E-state index in [0.29, 0.717) is 0 Å². The van der Waals surface area contributed by atoms with Crippen LogP contribution in [0.25, 0.3) is 0 Å². The zero-order valence-corrected chi connectivity index (χ0v) is 12.7. The number of aromatic nitrogens is 2. The van der Waals surface area contributed by atoms with Gasteiger partial charge in [-0.3, -0.25) is 4.68 Å². The molecule has 1 N–H and O–H groups in total. The number of hydrogen-bond donors (Lipinski definition) is 1. The van der Waals surface area contributed by atoms with Gasteiger partial charge in [-0.25, -0.2) is 0 Å². The summed E-state index contributed by atoms with van der Waals surface area (Å²) in [7, 11) is 1.99. The summed E-state index contributed by atoms with van der Waals surface area (Å²) in [6.45, 7) is 4.78. The Balaban J connectivity index is 1.47. The molecule has 1 saturated heterocycles. The molecule has 1 aromatic heterocycles. The van der Waals surface area contributed by atoms with E-state index in [1.165, 1.54) is 57.3 Å². The lowest BCUT2D eigenvalue weighted by Crippen LogP contribution is -2.54. The lowest BCUT2D eigenvalue weighted by molar-refractivity contribution is 0.147. The maximum atomic E-state index is 4.25. The third-order valence-corrected chi connectivity index (χ3v) is 4.98. The second-order valence-electron chi connectivity index (χ2n) is 6.53. The summed E-state index contributed by atoms with van der Waals surface area (Å²) in [4.78, 5) is 2.64. The predicted octanol–water partition coefficient (Wildman–Crippen LogP) is 1.82. The molecule has 1 unspecified atom stereocenters. The number of nitrogens with zero attached hydrogens (tertiary/aromatic N) is 3. The van der Waals surface area contributed by atoms with Crippen molar-refractivity contribution in [1.82, 2.24) is 20.0 Å². The van der Waals surface area contributed by atoms with Crippen LogP contribution in [0.3, 0.4) is 0 Å². The van der Waals surface area contributed by atoms with Crippen LogP contribution in [0.15, 0.2) is 12.4 Å². The van der Waals surface area contributed by atoms with Crippen molar-refractivity contribution in [2.24, 2.45) is 13.0 Å². The number of aryl methyl sites for hydroxylation is 1. The summed E-state index contributed by atoms with van der Waals surface area (Å²) in [6, 6.07) is 0.734. The first-order chi connectivity index (χ1) is 9.81. The van der Waals surface area contributed by atoms with Crippen LogP contribution in [0.5, 0.6) is 0 Å². The fourth-order valence-electron chi connectivity index (χ4n) is 3.79. The average molecular weight is 276 g/mol. The van der Waals surface area contributed by atoms with Gasteiger partial charge in [0.2, 0.25) is 0 Å². The minimum atomic E-state index is 0.734. The molecule has 0 bridgehead atoms. The van der Waals surface area contributed by atoms with Crippen molar-refractivity contribution in [2.45, 2.75) is 44.6 Å². The van der Waals surface area contributed by atoms with E-state index in [1.807, 2.05) is 17.9 Å². The van der Waals surface area contributed by atoms with E-state index in [0.717, 1.165) is 24.9 Å². The Morgan fingerprint density at radius 1 is 1.30 bits per heavy atom. The van der Waals surface area contributed by atoms with Crippen LogP contribution in [-0.2, 0) is 13.5 Å². The molecule has 0 radical (unpaired) electrons. The van der Waals surface area contributed by atoms with Gasteiger partial charge in [-0.2, -0.15) is 5.10 Å². The van der Waals surface area contributed by atoms with Crippen molar-refractivity contribution in [2.75, 3.05) is 26.2 Å². The van der Waals surface area contributed by atoms with Crippen molar-refractivity contribution in [3.05, 3.63) is 18.0 Å². The van der Waals surface area contributed by atoms with Gasteiger partial charge in [0, 0.05) is 45.5 Å². The second kappa shape index (κ2) is 6.72. The molecule has 1 aliphatic carbocycles. The molecule has 1 saturated carbocycles. The van der Waals surface area contributed by atoms with Crippen LogP contribution in [0.4, 0.5) is 0 Å². The highest BCUT2D eigenvalue weighted by Gasteiger charge is 2.27. The van der Waals surface area contributed by atoms with Crippen LogP contribution in [0.2, 0.25) is 0 Å². The van der Waals surface area contributed by atoms with Crippen LogP contribution < -0.4 is 5.32 Å². The first kappa shape index (κ1) is 14.1. The van der Waals surface area contributed by atoms with Gasteiger partial charge in [0.25, 0.3) is 0 Å². The summed E-state index contributed by atoms with van der Waals surface area (Å²) in [6.07, 6.45) is 12.5. The highest BCUT2D eigenvalue weighted by Crippen LogP contribution is 2.27. The monoisotopic (exact) mass is 276 g/mol. The van der Waals surface area contributed by atoms with Gasteiger partial charge in [0.1, 0.15) is 0 Å². The molecular weight excluding hydrogens is 248 g/mol. The molecule has 20 heavy (non-hydrogen) atoms. The largest absolute Gasteiger partial charge is 0.311 e. The summed E-state index contributed by atoms with van der Waals surface area (Å²) in [5, 5.41) is 8.02. The molecule has 4 heteroatoms. The Labute approximate surface area is 122 Å². The fourth-order valence-corrected chi connectivity index (χ4v) is 3.79. The Morgan fingerprint density at radius 3 is 2.90 bits per heavy atom. The minimum Gasteiger partial charge on any atom is -0.311 e. The van der Waals surface area contributed by atoms with E-state index in [4.69, 9.17) is 0 Å². The maximum absolute atomic E-state index is 4.25. The SMILES string of the molecule is Cn1cc(CCN2CCNC(C3CCCCC3)C2)cn1. The van der Waals surface area contributed by atoms with Gasteiger partial charge in [-0.05, 0) is 30.7 Å². The maximum Gasteiger partial charge on any atom is 0.0522 e. The van der Waals surface area contributed by atoms with Crippen LogP contribution in [-0.4, -0.2) is 46.9 Å². The molecule has 2 fully saturated rings. The minimum absolute atomic E-state index is 0.734. The van der Waals surface area contributed by atoms with Gasteiger partial charge in [0.05, 0.1) is 6.20 Å². The van der Waals surface area contributed by atoms with Crippen LogP contribution >= 0.6 is 0 Å². The van der Waals surface area contributed by atoms with Gasteiger partial charge in [-0.1, -0.05) is 19.3 Å². The molecule has 1 atom stereocenters. The smallest absolute Gasteiger partial charge is 0.0522 e. The molecule has 2 heterocycles. The van der Waals surface area contributed by atoms with Crippen LogP contribution in [0.1, 0.15) is 37.7 Å². The third kappa shape index (κ3) is 3.61. The molecule has 0 spiro atoms. The van der Waals surface area contributed by atoms with E-state index >= 15 is 0 Å². The first-order valence-corrected chi connectivity index (χ1v) is 8.24. The molecule has 3 rings (SSSR count). The third-order valence-electron chi connectivity index (χ3n) is 4.98. The normalized spacial score (nSPS) is 25.9. The molecule has 1 aromatic rings. The number of hydrogen-bond acceptors (Lipinski definition) is 3. The van der Waals surface area contributed by atoms with Gasteiger partial charge in [-0.15, -0.1) is 0 Å². The van der Waals surface area contributed by atoms with Crippen molar-refractivity contribution in [3.8, 4) is 0 Å². The highest BCUT2D eigenvalue weighted by atomic mass is 15.2. The van der Waals surface area contributed by atoms with Crippen molar-refractivity contribution >= 4 is 0 Å². The Hall–Kier alpha value is -0.870. The zero-order chi connectivity index (χ0) is 13.8. The standard InChI is InChI=1S/C16H28N4/c1-19-12-14(11-18-19)7-9-20-10-8-17-16(13-20)15-5-3-2-4-6-15/h11-12,15-17H,2-10,13H2,1H3. The molecular formula is C16H28N4. The molecule has 2 aliphatic rings. The molecule has 0 amide bonds. The highest BCUT2D eigenvalue weighted by molar-refractivity contribution is 5.04. The quantitative estimate of drug-likeness (QED) is 0.910. The Morgan fingerprint density at radius 2 is 2.15 bits per heavy atom. The van der Waals surface area contributed by atoms with Gasteiger partial charge in [0.15, 0.2) is 0 Å². The lowest BCUT2D eigenvalue weighted by atomic mass is 9.83. The number of rotatable bonds is 4. The van der Waals surface area contributed by atoms with Gasteiger partial charge < -0.3 is 10.2 Å². The molecule has 112 valence electrons.